The summed E-state index contributed by atoms with van der Waals surface area (Å²) >= 11 is 0. The normalized spacial score (nSPS) is 13.1. The molecule has 0 aromatic heterocycles. The molecule has 0 saturated heterocycles. The van der Waals surface area contributed by atoms with Crippen LogP contribution in [0.25, 0.3) is 0 Å². The molecule has 0 unspecified atom stereocenters. The number of carbonyl (C=O) groups is 3. The summed E-state index contributed by atoms with van der Waals surface area (Å²) in [6.07, 6.45) is 2.88. The van der Waals surface area contributed by atoms with E-state index in [1.807, 2.05) is 65.6 Å². The maximum absolute atomic E-state index is 13.1. The highest BCUT2D eigenvalue weighted by Crippen LogP contribution is 2.31. The van der Waals surface area contributed by atoms with Crippen LogP contribution in [-0.4, -0.2) is 46.9 Å². The molecule has 43 heavy (non-hydrogen) atoms. The lowest BCUT2D eigenvalue weighted by atomic mass is 10.00. The van der Waals surface area contributed by atoms with Crippen LogP contribution in [0.1, 0.15) is 46.3 Å². The van der Waals surface area contributed by atoms with E-state index in [2.05, 4.69) is 5.32 Å². The van der Waals surface area contributed by atoms with Crippen molar-refractivity contribution in [3.8, 4) is 5.75 Å². The van der Waals surface area contributed by atoms with E-state index >= 15 is 0 Å². The van der Waals surface area contributed by atoms with E-state index in [0.717, 1.165) is 24.0 Å². The number of aliphatic carboxylic acids is 1. The van der Waals surface area contributed by atoms with Gasteiger partial charge in [-0.1, -0.05) is 84.9 Å². The van der Waals surface area contributed by atoms with E-state index in [4.69, 9.17) is 4.74 Å². The Kier molecular flexibility index (Phi) is 9.85. The molecule has 0 radical (unpaired) electrons. The van der Waals surface area contributed by atoms with Crippen molar-refractivity contribution in [3.05, 3.63) is 131 Å². The van der Waals surface area contributed by atoms with Gasteiger partial charge in [-0.15, -0.1) is 0 Å². The summed E-state index contributed by atoms with van der Waals surface area (Å²) in [5.74, 6) is -0.107. The van der Waals surface area contributed by atoms with Crippen LogP contribution in [0.2, 0.25) is 0 Å². The van der Waals surface area contributed by atoms with Crippen LogP contribution in [0.4, 0.5) is 5.69 Å². The molecular weight excluding hydrogens is 540 g/mol. The fourth-order valence-electron chi connectivity index (χ4n) is 5.00. The zero-order valence-electron chi connectivity index (χ0n) is 24.0. The average molecular weight is 577 g/mol. The van der Waals surface area contributed by atoms with E-state index in [-0.39, 0.29) is 24.0 Å². The van der Waals surface area contributed by atoms with Crippen molar-refractivity contribution in [1.29, 1.82) is 0 Å². The molecule has 1 aliphatic carbocycles. The van der Waals surface area contributed by atoms with Crippen LogP contribution >= 0.6 is 0 Å². The standard InChI is InChI=1S/C36H36N2O5/c39-34(28-12-5-2-6-13-28)31-14-7-8-15-32(31)37-33(36(41)42)24-26-16-20-30(21-17-26)43-23-9-22-38(35(40)29-18-19-29)25-27-10-3-1-4-11-27/h1-8,10-17,20-21,29,33,37H,9,18-19,22-25H2,(H,41,42)/t33-/m0/s1. The molecule has 1 aliphatic rings. The van der Waals surface area contributed by atoms with Gasteiger partial charge >= 0.3 is 5.97 Å². The van der Waals surface area contributed by atoms with Gasteiger partial charge in [0.05, 0.1) is 6.61 Å². The topological polar surface area (TPSA) is 95.9 Å². The first-order chi connectivity index (χ1) is 21.0. The molecule has 1 atom stereocenters. The van der Waals surface area contributed by atoms with Crippen LogP contribution in [0, 0.1) is 5.92 Å². The zero-order chi connectivity index (χ0) is 30.0. The predicted molar refractivity (Wildman–Crippen MR) is 166 cm³/mol. The molecule has 4 aromatic carbocycles. The number of amides is 1. The number of ketones is 1. The molecule has 0 spiro atoms. The number of hydrogen-bond acceptors (Lipinski definition) is 5. The monoisotopic (exact) mass is 576 g/mol. The van der Waals surface area contributed by atoms with Crippen molar-refractivity contribution in [2.24, 2.45) is 5.92 Å². The van der Waals surface area contributed by atoms with Crippen molar-refractivity contribution < 1.29 is 24.2 Å². The summed E-state index contributed by atoms with van der Waals surface area (Å²) in [7, 11) is 0. The van der Waals surface area contributed by atoms with E-state index in [1.54, 1.807) is 48.5 Å². The van der Waals surface area contributed by atoms with Gasteiger partial charge in [0.2, 0.25) is 5.91 Å². The number of benzene rings is 4. The molecule has 4 aromatic rings. The Morgan fingerprint density at radius 2 is 1.47 bits per heavy atom. The molecule has 220 valence electrons. The van der Waals surface area contributed by atoms with Crippen molar-refractivity contribution in [2.45, 2.75) is 38.3 Å². The molecule has 1 amide bonds. The minimum Gasteiger partial charge on any atom is -0.494 e. The Morgan fingerprint density at radius 3 is 2.14 bits per heavy atom. The number of carboxylic acid groups (broad SMARTS) is 1. The molecule has 0 aliphatic heterocycles. The third-order valence-corrected chi connectivity index (χ3v) is 7.49. The fourth-order valence-corrected chi connectivity index (χ4v) is 5.00. The smallest absolute Gasteiger partial charge is 0.326 e. The maximum atomic E-state index is 13.1. The number of ether oxygens (including phenoxy) is 1. The molecular formula is C36H36N2O5. The minimum atomic E-state index is -1.01. The molecule has 1 saturated carbocycles. The van der Waals surface area contributed by atoms with E-state index in [9.17, 15) is 19.5 Å². The Labute approximate surface area is 252 Å². The third-order valence-electron chi connectivity index (χ3n) is 7.49. The Bertz CT molecular complexity index is 1520. The number of hydrogen-bond donors (Lipinski definition) is 2. The van der Waals surface area contributed by atoms with Crippen LogP contribution in [0.5, 0.6) is 5.75 Å². The van der Waals surface area contributed by atoms with Crippen LogP contribution in [-0.2, 0) is 22.6 Å². The summed E-state index contributed by atoms with van der Waals surface area (Å²) in [5.41, 5.74) is 3.38. The summed E-state index contributed by atoms with van der Waals surface area (Å²) in [4.78, 5) is 40.0. The Morgan fingerprint density at radius 1 is 0.814 bits per heavy atom. The largest absolute Gasteiger partial charge is 0.494 e. The second kappa shape index (κ2) is 14.3. The van der Waals surface area contributed by atoms with Gasteiger partial charge in [0.25, 0.3) is 0 Å². The molecule has 1 fully saturated rings. The number of carbonyl (C=O) groups excluding carboxylic acids is 2. The number of anilines is 1. The second-order valence-electron chi connectivity index (χ2n) is 10.8. The lowest BCUT2D eigenvalue weighted by molar-refractivity contribution is -0.138. The highest BCUT2D eigenvalue weighted by molar-refractivity contribution is 6.12. The zero-order valence-corrected chi connectivity index (χ0v) is 24.0. The van der Waals surface area contributed by atoms with Gasteiger partial charge in [-0.05, 0) is 54.7 Å². The average Bonchev–Trinajstić information content (AvgIpc) is 3.89. The summed E-state index contributed by atoms with van der Waals surface area (Å²) in [6, 6.07) is 32.4. The number of rotatable bonds is 15. The number of carboxylic acids is 1. The maximum Gasteiger partial charge on any atom is 0.326 e. The first-order valence-electron chi connectivity index (χ1n) is 14.7. The van der Waals surface area contributed by atoms with Crippen molar-refractivity contribution >= 4 is 23.3 Å². The quantitative estimate of drug-likeness (QED) is 0.129. The van der Waals surface area contributed by atoms with Crippen LogP contribution in [0.3, 0.4) is 0 Å². The van der Waals surface area contributed by atoms with E-state index in [1.165, 1.54) is 0 Å². The Hall–Kier alpha value is -4.91. The van der Waals surface area contributed by atoms with Gasteiger partial charge in [-0.25, -0.2) is 4.79 Å². The van der Waals surface area contributed by atoms with Gasteiger partial charge in [0, 0.05) is 42.2 Å². The number of nitrogens with zero attached hydrogens (tertiary/aromatic N) is 1. The van der Waals surface area contributed by atoms with Crippen molar-refractivity contribution in [1.82, 2.24) is 4.90 Å². The van der Waals surface area contributed by atoms with Crippen molar-refractivity contribution in [2.75, 3.05) is 18.5 Å². The first-order valence-corrected chi connectivity index (χ1v) is 14.7. The molecule has 0 bridgehead atoms. The van der Waals surface area contributed by atoms with Crippen LogP contribution < -0.4 is 10.1 Å². The summed E-state index contributed by atoms with van der Waals surface area (Å²) in [5, 5.41) is 13.0. The van der Waals surface area contributed by atoms with Crippen LogP contribution in [0.15, 0.2) is 109 Å². The molecule has 0 heterocycles. The summed E-state index contributed by atoms with van der Waals surface area (Å²) in [6.45, 7) is 1.70. The minimum absolute atomic E-state index is 0.166. The van der Waals surface area contributed by atoms with E-state index in [0.29, 0.717) is 48.7 Å². The van der Waals surface area contributed by atoms with Gasteiger partial charge in [-0.2, -0.15) is 0 Å². The second-order valence-corrected chi connectivity index (χ2v) is 10.8. The van der Waals surface area contributed by atoms with Gasteiger partial charge < -0.3 is 20.1 Å². The number of nitrogens with one attached hydrogen (secondary N) is 1. The fraction of sp³-hybridized carbons (Fsp3) is 0.250. The van der Waals surface area contributed by atoms with Gasteiger partial charge in [-0.3, -0.25) is 9.59 Å². The lowest BCUT2D eigenvalue weighted by Crippen LogP contribution is -2.33. The highest BCUT2D eigenvalue weighted by atomic mass is 16.5. The lowest BCUT2D eigenvalue weighted by Gasteiger charge is -2.23. The third kappa shape index (κ3) is 8.32. The van der Waals surface area contributed by atoms with Gasteiger partial charge in [0.1, 0.15) is 11.8 Å². The molecule has 7 nitrogen and oxygen atoms in total. The first kappa shape index (κ1) is 29.6. The number of para-hydroxylation sites is 1. The predicted octanol–water partition coefficient (Wildman–Crippen LogP) is 6.23. The molecule has 2 N–H and O–H groups in total. The Balaban J connectivity index is 1.15. The highest BCUT2D eigenvalue weighted by Gasteiger charge is 2.33. The summed E-state index contributed by atoms with van der Waals surface area (Å²) < 4.78 is 5.94. The van der Waals surface area contributed by atoms with Gasteiger partial charge in [0.15, 0.2) is 5.78 Å². The SMILES string of the molecule is O=C(c1ccccc1)c1ccccc1N[C@@H](Cc1ccc(OCCCN(Cc2ccccc2)C(=O)C2CC2)cc1)C(=O)O. The van der Waals surface area contributed by atoms with E-state index < -0.39 is 12.0 Å². The molecule has 5 rings (SSSR count). The van der Waals surface area contributed by atoms with Crippen molar-refractivity contribution in [3.63, 3.8) is 0 Å². The molecule has 7 heteroatoms.